The summed E-state index contributed by atoms with van der Waals surface area (Å²) in [6, 6.07) is 0. The lowest BCUT2D eigenvalue weighted by Gasteiger charge is -2.54. The van der Waals surface area contributed by atoms with E-state index in [-0.39, 0.29) is 0 Å². The molecule has 2 heteroatoms. The molecule has 0 spiro atoms. The Balaban J connectivity index is 2.13. The Morgan fingerprint density at radius 2 is 1.84 bits per heavy atom. The molecule has 0 aromatic carbocycles. The quantitative estimate of drug-likeness (QED) is 0.789. The van der Waals surface area contributed by atoms with Gasteiger partial charge >= 0.3 is 0 Å². The molecule has 1 saturated heterocycles. The molecule has 0 radical (unpaired) electrons. The maximum absolute atomic E-state index is 3.93. The molecule has 1 aliphatic carbocycles. The lowest BCUT2D eigenvalue weighted by atomic mass is 9.81. The zero-order valence-corrected chi connectivity index (χ0v) is 13.8. The molecule has 1 saturated carbocycles. The van der Waals surface area contributed by atoms with Gasteiger partial charge in [-0.25, -0.2) is 0 Å². The summed E-state index contributed by atoms with van der Waals surface area (Å²) in [6.45, 7) is 15.7. The van der Waals surface area contributed by atoms with Gasteiger partial charge in [0.25, 0.3) is 0 Å². The Morgan fingerprint density at radius 1 is 1.21 bits per heavy atom. The molecule has 112 valence electrons. The summed E-state index contributed by atoms with van der Waals surface area (Å²) < 4.78 is 0. The summed E-state index contributed by atoms with van der Waals surface area (Å²) in [7, 11) is 0. The number of piperazine rings is 1. The Labute approximate surface area is 120 Å². The minimum Gasteiger partial charge on any atom is -0.308 e. The monoisotopic (exact) mass is 266 g/mol. The van der Waals surface area contributed by atoms with Crippen LogP contribution >= 0.6 is 0 Å². The average Bonchev–Trinajstić information content (AvgIpc) is 3.24. The van der Waals surface area contributed by atoms with Crippen molar-refractivity contribution >= 4 is 0 Å². The smallest absolute Gasteiger partial charge is 0.0329 e. The van der Waals surface area contributed by atoms with E-state index in [1.165, 1.54) is 51.7 Å². The first-order valence-electron chi connectivity index (χ1n) is 8.49. The predicted octanol–water partition coefficient (Wildman–Crippen LogP) is 3.67. The van der Waals surface area contributed by atoms with E-state index in [1.54, 1.807) is 0 Å². The van der Waals surface area contributed by atoms with Crippen LogP contribution in [0.3, 0.4) is 0 Å². The molecule has 2 nitrogen and oxygen atoms in total. The Bertz CT molecular complexity index is 294. The first kappa shape index (κ1) is 15.3. The van der Waals surface area contributed by atoms with Crippen LogP contribution in [0.25, 0.3) is 0 Å². The standard InChI is InChI=1S/C17H34N2/c1-6-14(4)11-19-13-16(5,15-9-10-15)18-12-17(19,7-2)8-3/h14-15,18H,6-13H2,1-5H3. The van der Waals surface area contributed by atoms with E-state index in [0.717, 1.165) is 11.8 Å². The maximum Gasteiger partial charge on any atom is 0.0329 e. The van der Waals surface area contributed by atoms with Gasteiger partial charge in [-0.2, -0.15) is 0 Å². The molecule has 0 amide bonds. The third-order valence-electron chi connectivity index (χ3n) is 6.04. The van der Waals surface area contributed by atoms with Crippen molar-refractivity contribution in [2.24, 2.45) is 11.8 Å². The maximum atomic E-state index is 3.93. The van der Waals surface area contributed by atoms with Crippen molar-refractivity contribution in [2.75, 3.05) is 19.6 Å². The highest BCUT2D eigenvalue weighted by atomic mass is 15.3. The van der Waals surface area contributed by atoms with Crippen LogP contribution in [0.1, 0.15) is 66.7 Å². The van der Waals surface area contributed by atoms with Crippen molar-refractivity contribution in [3.05, 3.63) is 0 Å². The van der Waals surface area contributed by atoms with Crippen LogP contribution in [-0.2, 0) is 0 Å². The average molecular weight is 266 g/mol. The number of nitrogens with zero attached hydrogens (tertiary/aromatic N) is 1. The number of rotatable bonds is 6. The Morgan fingerprint density at radius 3 is 2.32 bits per heavy atom. The van der Waals surface area contributed by atoms with E-state index in [0.29, 0.717) is 11.1 Å². The zero-order valence-electron chi connectivity index (χ0n) is 13.8. The lowest BCUT2D eigenvalue weighted by molar-refractivity contribution is -0.0125. The Hall–Kier alpha value is -0.0800. The molecule has 0 bridgehead atoms. The molecule has 1 heterocycles. The number of hydrogen-bond acceptors (Lipinski definition) is 2. The minimum atomic E-state index is 0.376. The number of hydrogen-bond donors (Lipinski definition) is 1. The fraction of sp³-hybridized carbons (Fsp3) is 1.00. The van der Waals surface area contributed by atoms with Crippen molar-refractivity contribution in [3.8, 4) is 0 Å². The largest absolute Gasteiger partial charge is 0.308 e. The van der Waals surface area contributed by atoms with Crippen LogP contribution in [0.4, 0.5) is 0 Å². The van der Waals surface area contributed by atoms with Crippen molar-refractivity contribution in [1.82, 2.24) is 10.2 Å². The van der Waals surface area contributed by atoms with Gasteiger partial charge in [-0.05, 0) is 44.4 Å². The van der Waals surface area contributed by atoms with Gasteiger partial charge < -0.3 is 5.32 Å². The number of nitrogens with one attached hydrogen (secondary N) is 1. The first-order valence-corrected chi connectivity index (χ1v) is 8.49. The van der Waals surface area contributed by atoms with E-state index in [1.807, 2.05) is 0 Å². The first-order chi connectivity index (χ1) is 8.99. The molecule has 0 aromatic rings. The van der Waals surface area contributed by atoms with Gasteiger partial charge in [0.1, 0.15) is 0 Å². The highest BCUT2D eigenvalue weighted by Gasteiger charge is 2.49. The molecular weight excluding hydrogens is 232 g/mol. The fourth-order valence-corrected chi connectivity index (χ4v) is 3.80. The third kappa shape index (κ3) is 3.00. The van der Waals surface area contributed by atoms with E-state index >= 15 is 0 Å². The van der Waals surface area contributed by atoms with Gasteiger partial charge in [0.15, 0.2) is 0 Å². The zero-order chi connectivity index (χ0) is 14.1. The van der Waals surface area contributed by atoms with Crippen LogP contribution < -0.4 is 5.32 Å². The van der Waals surface area contributed by atoms with Gasteiger partial charge in [-0.3, -0.25) is 4.90 Å². The van der Waals surface area contributed by atoms with Gasteiger partial charge in [0.05, 0.1) is 0 Å². The SMILES string of the molecule is CCC(C)CN1CC(C)(C2CC2)NCC1(CC)CC. The topological polar surface area (TPSA) is 15.3 Å². The highest BCUT2D eigenvalue weighted by molar-refractivity contribution is 5.08. The van der Waals surface area contributed by atoms with E-state index < -0.39 is 0 Å². The molecule has 2 fully saturated rings. The van der Waals surface area contributed by atoms with Gasteiger partial charge in [-0.15, -0.1) is 0 Å². The van der Waals surface area contributed by atoms with Crippen LogP contribution in [0.2, 0.25) is 0 Å². The van der Waals surface area contributed by atoms with Crippen LogP contribution in [-0.4, -0.2) is 35.6 Å². The molecule has 1 N–H and O–H groups in total. The van der Waals surface area contributed by atoms with Crippen molar-refractivity contribution in [2.45, 2.75) is 77.8 Å². The summed E-state index contributed by atoms with van der Waals surface area (Å²) in [4.78, 5) is 2.84. The molecule has 2 rings (SSSR count). The molecule has 1 aliphatic heterocycles. The lowest BCUT2D eigenvalue weighted by Crippen LogP contribution is -2.70. The van der Waals surface area contributed by atoms with E-state index in [9.17, 15) is 0 Å². The van der Waals surface area contributed by atoms with Crippen LogP contribution in [0.15, 0.2) is 0 Å². The normalized spacial score (nSPS) is 33.3. The second-order valence-corrected chi connectivity index (χ2v) is 7.37. The summed E-state index contributed by atoms with van der Waals surface area (Å²) in [5.74, 6) is 1.75. The van der Waals surface area contributed by atoms with Crippen LogP contribution in [0.5, 0.6) is 0 Å². The highest BCUT2D eigenvalue weighted by Crippen LogP contribution is 2.43. The summed E-state index contributed by atoms with van der Waals surface area (Å²) in [5, 5.41) is 3.93. The molecule has 2 atom stereocenters. The predicted molar refractivity (Wildman–Crippen MR) is 83.5 cm³/mol. The summed E-state index contributed by atoms with van der Waals surface area (Å²) in [5.41, 5.74) is 0.777. The van der Waals surface area contributed by atoms with Crippen molar-refractivity contribution < 1.29 is 0 Å². The minimum absolute atomic E-state index is 0.376. The second-order valence-electron chi connectivity index (χ2n) is 7.37. The van der Waals surface area contributed by atoms with E-state index in [4.69, 9.17) is 0 Å². The van der Waals surface area contributed by atoms with Gasteiger partial charge in [0, 0.05) is 30.7 Å². The molecule has 2 aliphatic rings. The second kappa shape index (κ2) is 5.73. The summed E-state index contributed by atoms with van der Waals surface area (Å²) >= 11 is 0. The fourth-order valence-electron chi connectivity index (χ4n) is 3.80. The third-order valence-corrected chi connectivity index (χ3v) is 6.04. The van der Waals surface area contributed by atoms with Crippen molar-refractivity contribution in [3.63, 3.8) is 0 Å². The Kier molecular flexibility index (Phi) is 4.62. The molecule has 0 aromatic heterocycles. The summed E-state index contributed by atoms with van der Waals surface area (Å²) in [6.07, 6.45) is 6.72. The van der Waals surface area contributed by atoms with Gasteiger partial charge in [0.2, 0.25) is 0 Å². The van der Waals surface area contributed by atoms with Gasteiger partial charge in [-0.1, -0.05) is 34.1 Å². The van der Waals surface area contributed by atoms with Crippen molar-refractivity contribution in [1.29, 1.82) is 0 Å². The molecular formula is C17H34N2. The van der Waals surface area contributed by atoms with Crippen LogP contribution in [0, 0.1) is 11.8 Å². The molecule has 19 heavy (non-hydrogen) atoms. The van der Waals surface area contributed by atoms with E-state index in [2.05, 4.69) is 44.8 Å². The molecule has 2 unspecified atom stereocenters.